The predicted molar refractivity (Wildman–Crippen MR) is 70.4 cm³/mol. The van der Waals surface area contributed by atoms with E-state index in [0.717, 1.165) is 10.7 Å². The van der Waals surface area contributed by atoms with Crippen LogP contribution in [0.2, 0.25) is 5.02 Å². The molecule has 0 unspecified atom stereocenters. The number of halogens is 2. The van der Waals surface area contributed by atoms with Gasteiger partial charge in [-0.3, -0.25) is 0 Å². The van der Waals surface area contributed by atoms with Crippen LogP contribution in [0.1, 0.15) is 36.0 Å². The van der Waals surface area contributed by atoms with Gasteiger partial charge < -0.3 is 0 Å². The Bertz CT molecular complexity index is 522. The summed E-state index contributed by atoms with van der Waals surface area (Å²) in [6.07, 6.45) is 0.504. The highest BCUT2D eigenvalue weighted by molar-refractivity contribution is 7.09. The number of hydrogen-bond donors (Lipinski definition) is 0. The molecule has 2 aromatic rings. The summed E-state index contributed by atoms with van der Waals surface area (Å²) < 4.78 is 13.7. The van der Waals surface area contributed by atoms with Crippen LogP contribution in [0.4, 0.5) is 4.39 Å². The van der Waals surface area contributed by atoms with E-state index < -0.39 is 0 Å². The quantitative estimate of drug-likeness (QED) is 0.790. The first kappa shape index (κ1) is 12.5. The van der Waals surface area contributed by atoms with E-state index in [9.17, 15) is 4.39 Å². The molecule has 0 saturated heterocycles. The van der Waals surface area contributed by atoms with Crippen LogP contribution in [-0.2, 0) is 6.42 Å². The summed E-state index contributed by atoms with van der Waals surface area (Å²) in [5.41, 5.74) is 1.66. The lowest BCUT2D eigenvalue weighted by atomic mass is 10.1. The lowest BCUT2D eigenvalue weighted by molar-refractivity contribution is 0.614. The van der Waals surface area contributed by atoms with Crippen molar-refractivity contribution in [1.82, 2.24) is 4.98 Å². The van der Waals surface area contributed by atoms with Crippen LogP contribution in [0.25, 0.3) is 0 Å². The summed E-state index contributed by atoms with van der Waals surface area (Å²) in [4.78, 5) is 4.48. The fourth-order valence-electron chi connectivity index (χ4n) is 1.52. The number of rotatable bonds is 3. The maximum Gasteiger partial charge on any atom is 0.145 e. The normalized spacial score (nSPS) is 11.1. The summed E-state index contributed by atoms with van der Waals surface area (Å²) in [6, 6.07) is 5.07. The van der Waals surface area contributed by atoms with Crippen LogP contribution in [0.3, 0.4) is 0 Å². The number of nitrogens with zero attached hydrogens (tertiary/aromatic N) is 1. The van der Waals surface area contributed by atoms with Gasteiger partial charge in [0.15, 0.2) is 0 Å². The lowest BCUT2D eigenvalue weighted by Crippen LogP contribution is -1.94. The minimum absolute atomic E-state index is 0.170. The number of hydrogen-bond acceptors (Lipinski definition) is 2. The maximum atomic E-state index is 13.7. The molecule has 0 N–H and O–H groups in total. The van der Waals surface area contributed by atoms with E-state index in [4.69, 9.17) is 11.6 Å². The Morgan fingerprint density at radius 1 is 1.41 bits per heavy atom. The zero-order chi connectivity index (χ0) is 12.4. The van der Waals surface area contributed by atoms with Crippen molar-refractivity contribution in [2.75, 3.05) is 0 Å². The molecule has 0 amide bonds. The van der Waals surface area contributed by atoms with Crippen LogP contribution >= 0.6 is 22.9 Å². The molecule has 0 aliphatic heterocycles. The first-order valence-electron chi connectivity index (χ1n) is 5.45. The van der Waals surface area contributed by atoms with E-state index in [1.54, 1.807) is 29.5 Å². The molecule has 1 aromatic heterocycles. The van der Waals surface area contributed by atoms with E-state index in [1.807, 2.05) is 5.38 Å². The van der Waals surface area contributed by atoms with Gasteiger partial charge in [0.25, 0.3) is 0 Å². The molecule has 0 aliphatic carbocycles. The molecule has 0 bridgehead atoms. The Hall–Kier alpha value is -0.930. The van der Waals surface area contributed by atoms with E-state index in [1.165, 1.54) is 0 Å². The van der Waals surface area contributed by atoms with Crippen molar-refractivity contribution in [2.24, 2.45) is 0 Å². The first-order chi connectivity index (χ1) is 8.08. The van der Waals surface area contributed by atoms with Crippen molar-refractivity contribution in [3.8, 4) is 0 Å². The van der Waals surface area contributed by atoms with Gasteiger partial charge in [-0.1, -0.05) is 37.6 Å². The molecule has 1 heterocycles. The number of benzene rings is 1. The second-order valence-electron chi connectivity index (χ2n) is 4.21. The van der Waals surface area contributed by atoms with Gasteiger partial charge in [0.1, 0.15) is 5.82 Å². The Morgan fingerprint density at radius 2 is 2.18 bits per heavy atom. The molecule has 0 atom stereocenters. The molecule has 0 spiro atoms. The Kier molecular flexibility index (Phi) is 3.79. The second-order valence-corrected chi connectivity index (χ2v) is 5.56. The smallest absolute Gasteiger partial charge is 0.145 e. The summed E-state index contributed by atoms with van der Waals surface area (Å²) in [5, 5.41) is 3.13. The molecule has 0 saturated carbocycles. The summed E-state index contributed by atoms with van der Waals surface area (Å²) in [7, 11) is 0. The molecule has 90 valence electrons. The fraction of sp³-hybridized carbons (Fsp3) is 0.308. The van der Waals surface area contributed by atoms with Gasteiger partial charge in [0.05, 0.1) is 15.7 Å². The second kappa shape index (κ2) is 5.15. The molecular formula is C13H13ClFNS. The zero-order valence-corrected chi connectivity index (χ0v) is 11.3. The molecular weight excluding hydrogens is 257 g/mol. The van der Waals surface area contributed by atoms with Gasteiger partial charge in [-0.25, -0.2) is 9.37 Å². The standard InChI is InChI=1S/C13H13ClFNS/c1-8(2)11-7-17-12(16-11)6-9-4-3-5-10(14)13(9)15/h3-5,7-8H,6H2,1-2H3. The molecule has 1 aromatic carbocycles. The van der Waals surface area contributed by atoms with E-state index in [0.29, 0.717) is 17.9 Å². The minimum atomic E-state index is -0.338. The lowest BCUT2D eigenvalue weighted by Gasteiger charge is -2.02. The van der Waals surface area contributed by atoms with Crippen LogP contribution in [-0.4, -0.2) is 4.98 Å². The van der Waals surface area contributed by atoms with E-state index in [2.05, 4.69) is 18.8 Å². The Labute approximate surface area is 109 Å². The van der Waals surface area contributed by atoms with Crippen molar-refractivity contribution in [2.45, 2.75) is 26.2 Å². The van der Waals surface area contributed by atoms with Crippen LogP contribution in [0.15, 0.2) is 23.6 Å². The van der Waals surface area contributed by atoms with Crippen molar-refractivity contribution >= 4 is 22.9 Å². The summed E-state index contributed by atoms with van der Waals surface area (Å²) in [5.74, 6) is 0.0691. The highest BCUT2D eigenvalue weighted by atomic mass is 35.5. The summed E-state index contributed by atoms with van der Waals surface area (Å²) >= 11 is 7.31. The van der Waals surface area contributed by atoms with Crippen LogP contribution < -0.4 is 0 Å². The topological polar surface area (TPSA) is 12.9 Å². The Morgan fingerprint density at radius 3 is 2.82 bits per heavy atom. The third-order valence-corrected chi connectivity index (χ3v) is 3.69. The third-order valence-electron chi connectivity index (χ3n) is 2.53. The molecule has 0 radical (unpaired) electrons. The van der Waals surface area contributed by atoms with Crippen molar-refractivity contribution < 1.29 is 4.39 Å². The fourth-order valence-corrected chi connectivity index (χ4v) is 2.69. The van der Waals surface area contributed by atoms with E-state index in [-0.39, 0.29) is 10.8 Å². The van der Waals surface area contributed by atoms with Crippen molar-refractivity contribution in [3.05, 3.63) is 50.7 Å². The number of thiazole rings is 1. The van der Waals surface area contributed by atoms with Gasteiger partial charge in [-0.15, -0.1) is 11.3 Å². The zero-order valence-electron chi connectivity index (χ0n) is 9.71. The first-order valence-corrected chi connectivity index (χ1v) is 6.71. The van der Waals surface area contributed by atoms with Crippen LogP contribution in [0, 0.1) is 5.82 Å². The molecule has 2 rings (SSSR count). The monoisotopic (exact) mass is 269 g/mol. The van der Waals surface area contributed by atoms with E-state index >= 15 is 0 Å². The highest BCUT2D eigenvalue weighted by Crippen LogP contribution is 2.23. The van der Waals surface area contributed by atoms with Gasteiger partial charge >= 0.3 is 0 Å². The van der Waals surface area contributed by atoms with Crippen LogP contribution in [0.5, 0.6) is 0 Å². The third kappa shape index (κ3) is 2.85. The van der Waals surface area contributed by atoms with Gasteiger partial charge in [-0.2, -0.15) is 0 Å². The highest BCUT2D eigenvalue weighted by Gasteiger charge is 2.10. The molecule has 1 nitrogen and oxygen atoms in total. The predicted octanol–water partition coefficient (Wildman–Crippen LogP) is 4.65. The average molecular weight is 270 g/mol. The largest absolute Gasteiger partial charge is 0.246 e. The van der Waals surface area contributed by atoms with Crippen molar-refractivity contribution in [3.63, 3.8) is 0 Å². The maximum absolute atomic E-state index is 13.7. The molecule has 17 heavy (non-hydrogen) atoms. The van der Waals surface area contributed by atoms with Gasteiger partial charge in [-0.05, 0) is 17.5 Å². The molecule has 4 heteroatoms. The van der Waals surface area contributed by atoms with Gasteiger partial charge in [0.2, 0.25) is 0 Å². The Balaban J connectivity index is 2.22. The molecule has 0 aliphatic rings. The minimum Gasteiger partial charge on any atom is -0.246 e. The SMILES string of the molecule is CC(C)c1csc(Cc2cccc(Cl)c2F)n1. The average Bonchev–Trinajstić information content (AvgIpc) is 2.73. The van der Waals surface area contributed by atoms with Crippen molar-refractivity contribution in [1.29, 1.82) is 0 Å². The van der Waals surface area contributed by atoms with Gasteiger partial charge in [0, 0.05) is 11.8 Å². The summed E-state index contributed by atoms with van der Waals surface area (Å²) in [6.45, 7) is 4.19. The molecule has 0 fully saturated rings. The number of aromatic nitrogens is 1.